The first kappa shape index (κ1) is 14.1. The smallest absolute Gasteiger partial charge is 0.236 e. The molecule has 1 fully saturated rings. The van der Waals surface area contributed by atoms with Gasteiger partial charge < -0.3 is 4.74 Å². The maximum Gasteiger partial charge on any atom is 0.236 e. The zero-order valence-corrected chi connectivity index (χ0v) is 11.1. The lowest BCUT2D eigenvalue weighted by molar-refractivity contribution is -0.126. The lowest BCUT2D eigenvalue weighted by atomic mass is 9.87. The van der Waals surface area contributed by atoms with Gasteiger partial charge in [-0.1, -0.05) is 17.7 Å². The number of hydrazine groups is 1. The summed E-state index contributed by atoms with van der Waals surface area (Å²) in [7, 11) is 0. The second-order valence-corrected chi connectivity index (χ2v) is 5.06. The molecule has 2 rings (SSSR count). The summed E-state index contributed by atoms with van der Waals surface area (Å²) in [5.41, 5.74) is 2.16. The number of carbonyl (C=O) groups is 1. The lowest BCUT2D eigenvalue weighted by Gasteiger charge is -2.28. The number of hydrogen-bond acceptors (Lipinski definition) is 3. The van der Waals surface area contributed by atoms with Crippen molar-refractivity contribution < 1.29 is 13.9 Å². The van der Waals surface area contributed by atoms with Gasteiger partial charge in [-0.2, -0.15) is 0 Å². The normalized spacial score (nSPS) is 22.9. The summed E-state index contributed by atoms with van der Waals surface area (Å²) in [5.74, 6) is 4.51. The molecule has 4 nitrogen and oxygen atoms in total. The van der Waals surface area contributed by atoms with Gasteiger partial charge in [0.15, 0.2) is 11.6 Å². The minimum Gasteiger partial charge on any atom is -0.487 e. The Hall–Kier alpha value is -1.33. The molecular formula is C13H16ClFN2O2. The van der Waals surface area contributed by atoms with Gasteiger partial charge in [0, 0.05) is 5.92 Å². The molecule has 0 heterocycles. The summed E-state index contributed by atoms with van der Waals surface area (Å²) in [6, 6.07) is 4.68. The molecule has 0 aromatic heterocycles. The van der Waals surface area contributed by atoms with E-state index in [4.69, 9.17) is 22.2 Å². The Labute approximate surface area is 116 Å². The van der Waals surface area contributed by atoms with Crippen molar-refractivity contribution in [2.45, 2.75) is 31.8 Å². The summed E-state index contributed by atoms with van der Waals surface area (Å²) in [6.07, 6.45) is 2.69. The van der Waals surface area contributed by atoms with E-state index in [0.29, 0.717) is 25.7 Å². The molecule has 1 aliphatic rings. The van der Waals surface area contributed by atoms with Crippen LogP contribution < -0.4 is 16.0 Å². The van der Waals surface area contributed by atoms with Gasteiger partial charge in [-0.05, 0) is 37.8 Å². The molecule has 1 aromatic rings. The molecule has 0 bridgehead atoms. The van der Waals surface area contributed by atoms with Gasteiger partial charge in [0.2, 0.25) is 5.91 Å². The molecule has 1 aliphatic carbocycles. The molecule has 1 aromatic carbocycles. The lowest BCUT2D eigenvalue weighted by Crippen LogP contribution is -2.38. The van der Waals surface area contributed by atoms with Crippen LogP contribution in [0.2, 0.25) is 5.02 Å². The van der Waals surface area contributed by atoms with Crippen molar-refractivity contribution >= 4 is 17.5 Å². The zero-order valence-electron chi connectivity index (χ0n) is 10.4. The van der Waals surface area contributed by atoms with Gasteiger partial charge >= 0.3 is 0 Å². The van der Waals surface area contributed by atoms with Crippen LogP contribution in [0.4, 0.5) is 4.39 Å². The highest BCUT2D eigenvalue weighted by molar-refractivity contribution is 6.30. The van der Waals surface area contributed by atoms with Crippen molar-refractivity contribution in [2.24, 2.45) is 11.8 Å². The van der Waals surface area contributed by atoms with E-state index >= 15 is 0 Å². The molecule has 0 spiro atoms. The third-order valence-corrected chi connectivity index (χ3v) is 3.69. The van der Waals surface area contributed by atoms with Crippen LogP contribution in [0, 0.1) is 11.7 Å². The van der Waals surface area contributed by atoms with Gasteiger partial charge in [0.25, 0.3) is 0 Å². The molecule has 0 saturated heterocycles. The third-order valence-electron chi connectivity index (χ3n) is 3.40. The topological polar surface area (TPSA) is 64.3 Å². The van der Waals surface area contributed by atoms with Crippen molar-refractivity contribution in [1.29, 1.82) is 0 Å². The van der Waals surface area contributed by atoms with Crippen LogP contribution in [0.15, 0.2) is 18.2 Å². The first-order valence-electron chi connectivity index (χ1n) is 6.23. The Morgan fingerprint density at radius 3 is 2.68 bits per heavy atom. The Morgan fingerprint density at radius 1 is 1.37 bits per heavy atom. The minimum absolute atomic E-state index is 0.0497. The van der Waals surface area contributed by atoms with E-state index < -0.39 is 5.82 Å². The van der Waals surface area contributed by atoms with Crippen molar-refractivity contribution in [3.63, 3.8) is 0 Å². The predicted octanol–water partition coefficient (Wildman–Crippen LogP) is 2.41. The second-order valence-electron chi connectivity index (χ2n) is 4.65. The molecule has 1 saturated carbocycles. The van der Waals surface area contributed by atoms with E-state index in [1.165, 1.54) is 6.07 Å². The van der Waals surface area contributed by atoms with Gasteiger partial charge in [-0.25, -0.2) is 10.2 Å². The first-order valence-corrected chi connectivity index (χ1v) is 6.60. The molecule has 0 aliphatic heterocycles. The molecular weight excluding hydrogens is 271 g/mol. The number of nitrogens with two attached hydrogens (primary N) is 1. The Morgan fingerprint density at radius 2 is 2.05 bits per heavy atom. The number of hydrogen-bond donors (Lipinski definition) is 2. The number of benzene rings is 1. The van der Waals surface area contributed by atoms with E-state index in [9.17, 15) is 9.18 Å². The minimum atomic E-state index is -0.536. The van der Waals surface area contributed by atoms with E-state index in [-0.39, 0.29) is 28.7 Å². The molecule has 0 unspecified atom stereocenters. The van der Waals surface area contributed by atoms with Gasteiger partial charge in [-0.15, -0.1) is 0 Å². The van der Waals surface area contributed by atoms with Crippen LogP contribution in [0.3, 0.4) is 0 Å². The number of amides is 1. The molecule has 6 heteroatoms. The number of nitrogens with one attached hydrogen (secondary N) is 1. The van der Waals surface area contributed by atoms with Crippen molar-refractivity contribution in [1.82, 2.24) is 5.43 Å². The third kappa shape index (κ3) is 3.36. The van der Waals surface area contributed by atoms with Crippen LogP contribution in [-0.4, -0.2) is 12.0 Å². The quantitative estimate of drug-likeness (QED) is 0.509. The maximum absolute atomic E-state index is 13.7. The van der Waals surface area contributed by atoms with Gasteiger partial charge in [0.05, 0.1) is 11.1 Å². The van der Waals surface area contributed by atoms with E-state index in [1.54, 1.807) is 12.1 Å². The largest absolute Gasteiger partial charge is 0.487 e. The molecule has 104 valence electrons. The number of rotatable bonds is 3. The van der Waals surface area contributed by atoms with Crippen molar-refractivity contribution in [3.05, 3.63) is 29.0 Å². The molecule has 19 heavy (non-hydrogen) atoms. The Bertz CT molecular complexity index is 462. The van der Waals surface area contributed by atoms with Crippen molar-refractivity contribution in [3.8, 4) is 5.75 Å². The number of halogens is 2. The SMILES string of the molecule is NNC(=O)C1CCC(Oc2cccc(Cl)c2F)CC1. The van der Waals surface area contributed by atoms with Gasteiger partial charge in [0.1, 0.15) is 0 Å². The second kappa shape index (κ2) is 6.21. The van der Waals surface area contributed by atoms with Crippen LogP contribution in [0.1, 0.15) is 25.7 Å². The summed E-state index contributed by atoms with van der Waals surface area (Å²) in [5, 5.41) is 0.0497. The van der Waals surface area contributed by atoms with Crippen LogP contribution in [-0.2, 0) is 4.79 Å². The highest BCUT2D eigenvalue weighted by Crippen LogP contribution is 2.30. The summed E-state index contributed by atoms with van der Waals surface area (Å²) in [4.78, 5) is 11.4. The summed E-state index contributed by atoms with van der Waals surface area (Å²) < 4.78 is 19.3. The van der Waals surface area contributed by atoms with Crippen molar-refractivity contribution in [2.75, 3.05) is 0 Å². The molecule has 0 atom stereocenters. The fourth-order valence-electron chi connectivity index (χ4n) is 2.32. The van der Waals surface area contributed by atoms with Crippen LogP contribution >= 0.6 is 11.6 Å². The van der Waals surface area contributed by atoms with E-state index in [1.807, 2.05) is 0 Å². The fraction of sp³-hybridized carbons (Fsp3) is 0.462. The van der Waals surface area contributed by atoms with E-state index in [0.717, 1.165) is 0 Å². The highest BCUT2D eigenvalue weighted by atomic mass is 35.5. The van der Waals surface area contributed by atoms with Crippen LogP contribution in [0.5, 0.6) is 5.75 Å². The fourth-order valence-corrected chi connectivity index (χ4v) is 2.48. The van der Waals surface area contributed by atoms with Gasteiger partial charge in [-0.3, -0.25) is 10.2 Å². The average Bonchev–Trinajstić information content (AvgIpc) is 2.44. The number of carbonyl (C=O) groups excluding carboxylic acids is 1. The summed E-state index contributed by atoms with van der Waals surface area (Å²) in [6.45, 7) is 0. The predicted molar refractivity (Wildman–Crippen MR) is 70.1 cm³/mol. The Kier molecular flexibility index (Phi) is 4.61. The van der Waals surface area contributed by atoms with E-state index in [2.05, 4.69) is 5.43 Å². The number of ether oxygens (including phenoxy) is 1. The Balaban J connectivity index is 1.92. The first-order chi connectivity index (χ1) is 9.11. The maximum atomic E-state index is 13.7. The molecule has 3 N–H and O–H groups in total. The summed E-state index contributed by atoms with van der Waals surface area (Å²) >= 11 is 5.69. The zero-order chi connectivity index (χ0) is 13.8. The monoisotopic (exact) mass is 286 g/mol. The molecule has 1 amide bonds. The standard InChI is InChI=1S/C13H16ClFN2O2/c14-10-2-1-3-11(12(10)15)19-9-6-4-8(5-7-9)13(18)17-16/h1-3,8-9H,4-7,16H2,(H,17,18). The average molecular weight is 287 g/mol. The highest BCUT2D eigenvalue weighted by Gasteiger charge is 2.27. The van der Waals surface area contributed by atoms with Crippen LogP contribution in [0.25, 0.3) is 0 Å². The molecule has 0 radical (unpaired) electrons.